The van der Waals surface area contributed by atoms with Gasteiger partial charge in [0.05, 0.1) is 19.2 Å². The molecule has 1 unspecified atom stereocenters. The molecule has 1 aliphatic rings. The lowest BCUT2D eigenvalue weighted by Gasteiger charge is -2.38. The molecule has 1 aromatic carbocycles. The first-order valence-corrected chi connectivity index (χ1v) is 7.04. The van der Waals surface area contributed by atoms with Crippen LogP contribution in [0.25, 0.3) is 0 Å². The third-order valence-electron chi connectivity index (χ3n) is 3.62. The summed E-state index contributed by atoms with van der Waals surface area (Å²) in [6.45, 7) is 0.265. The molecule has 0 radical (unpaired) electrons. The molecule has 0 bridgehead atoms. The molecular weight excluding hydrogens is 319 g/mol. The molecule has 1 fully saturated rings. The Kier molecular flexibility index (Phi) is 4.03. The maximum atomic E-state index is 12.9. The summed E-state index contributed by atoms with van der Waals surface area (Å²) in [6.07, 6.45) is 1.11. The average Bonchev–Trinajstić information content (AvgIpc) is 3.08. The Balaban J connectivity index is 1.60. The summed E-state index contributed by atoms with van der Waals surface area (Å²) in [5.74, 6) is -2.03. The van der Waals surface area contributed by atoms with E-state index in [9.17, 15) is 18.8 Å². The standard InChI is InChI=1S/C16H13FN2O5/c1-23-16(22)9-6-13(24-8-9)14(20)18-12-7-19(15(12)21)11-4-2-10(17)3-5-11/h2-6,8,12H,7H2,1H3,(H,18,20). The molecule has 2 heterocycles. The largest absolute Gasteiger partial charge is 0.465 e. The van der Waals surface area contributed by atoms with Crippen LogP contribution < -0.4 is 10.2 Å². The molecule has 1 saturated heterocycles. The predicted molar refractivity (Wildman–Crippen MR) is 80.1 cm³/mol. The minimum atomic E-state index is -0.700. The molecule has 7 nitrogen and oxygen atoms in total. The van der Waals surface area contributed by atoms with E-state index in [1.165, 1.54) is 42.3 Å². The average molecular weight is 332 g/mol. The van der Waals surface area contributed by atoms with Gasteiger partial charge in [0.2, 0.25) is 0 Å². The highest BCUT2D eigenvalue weighted by Crippen LogP contribution is 2.22. The maximum absolute atomic E-state index is 12.9. The molecule has 0 spiro atoms. The minimum Gasteiger partial charge on any atom is -0.465 e. The molecule has 1 atom stereocenters. The number of hydrogen-bond acceptors (Lipinski definition) is 5. The molecular formula is C16H13FN2O5. The van der Waals surface area contributed by atoms with Crippen molar-refractivity contribution in [3.63, 3.8) is 0 Å². The topological polar surface area (TPSA) is 88.8 Å². The number of β-lactam (4-membered cyclic amide) rings is 1. The van der Waals surface area contributed by atoms with E-state index < -0.39 is 23.7 Å². The Morgan fingerprint density at radius 1 is 1.33 bits per heavy atom. The predicted octanol–water partition coefficient (Wildman–Crippen LogP) is 1.35. The van der Waals surface area contributed by atoms with Crippen molar-refractivity contribution in [3.8, 4) is 0 Å². The fourth-order valence-electron chi connectivity index (χ4n) is 2.30. The second kappa shape index (κ2) is 6.15. The van der Waals surface area contributed by atoms with Crippen LogP contribution >= 0.6 is 0 Å². The number of esters is 1. The van der Waals surface area contributed by atoms with Crippen LogP contribution in [-0.2, 0) is 9.53 Å². The molecule has 2 amide bonds. The quantitative estimate of drug-likeness (QED) is 0.674. The smallest absolute Gasteiger partial charge is 0.341 e. The third kappa shape index (κ3) is 2.85. The van der Waals surface area contributed by atoms with Gasteiger partial charge in [-0.25, -0.2) is 9.18 Å². The second-order valence-corrected chi connectivity index (χ2v) is 5.14. The van der Waals surface area contributed by atoms with Crippen molar-refractivity contribution >= 4 is 23.5 Å². The van der Waals surface area contributed by atoms with Gasteiger partial charge in [-0.05, 0) is 24.3 Å². The summed E-state index contributed by atoms with van der Waals surface area (Å²) in [5, 5.41) is 2.51. The van der Waals surface area contributed by atoms with Crippen LogP contribution in [0.1, 0.15) is 20.9 Å². The lowest BCUT2D eigenvalue weighted by atomic mass is 10.1. The van der Waals surface area contributed by atoms with E-state index in [1.54, 1.807) is 0 Å². The zero-order chi connectivity index (χ0) is 17.3. The normalized spacial score (nSPS) is 16.5. The number of furan rings is 1. The van der Waals surface area contributed by atoms with Gasteiger partial charge in [0.15, 0.2) is 5.76 Å². The Morgan fingerprint density at radius 2 is 2.04 bits per heavy atom. The lowest BCUT2D eigenvalue weighted by molar-refractivity contribution is -0.124. The van der Waals surface area contributed by atoms with Gasteiger partial charge in [-0.3, -0.25) is 9.59 Å². The highest BCUT2D eigenvalue weighted by Gasteiger charge is 2.39. The summed E-state index contributed by atoms with van der Waals surface area (Å²) < 4.78 is 22.4. The van der Waals surface area contributed by atoms with Crippen molar-refractivity contribution in [2.24, 2.45) is 0 Å². The molecule has 1 N–H and O–H groups in total. The monoisotopic (exact) mass is 332 g/mol. The van der Waals surface area contributed by atoms with Crippen LogP contribution in [0, 0.1) is 5.82 Å². The first kappa shape index (κ1) is 15.7. The summed E-state index contributed by atoms with van der Waals surface area (Å²) in [5.41, 5.74) is 0.661. The van der Waals surface area contributed by atoms with Crippen molar-refractivity contribution in [2.45, 2.75) is 6.04 Å². The Hall–Kier alpha value is -3.16. The number of nitrogens with one attached hydrogen (secondary N) is 1. The van der Waals surface area contributed by atoms with Gasteiger partial charge in [-0.2, -0.15) is 0 Å². The molecule has 124 valence electrons. The first-order valence-electron chi connectivity index (χ1n) is 7.04. The fraction of sp³-hybridized carbons (Fsp3) is 0.188. The van der Waals surface area contributed by atoms with Gasteiger partial charge >= 0.3 is 5.97 Å². The van der Waals surface area contributed by atoms with E-state index in [-0.39, 0.29) is 23.8 Å². The van der Waals surface area contributed by atoms with Crippen LogP contribution in [0.2, 0.25) is 0 Å². The number of carbonyl (C=O) groups is 3. The summed E-state index contributed by atoms with van der Waals surface area (Å²) in [7, 11) is 1.21. The van der Waals surface area contributed by atoms with E-state index >= 15 is 0 Å². The zero-order valence-corrected chi connectivity index (χ0v) is 12.6. The number of benzene rings is 1. The van der Waals surface area contributed by atoms with Crippen molar-refractivity contribution in [1.29, 1.82) is 0 Å². The van der Waals surface area contributed by atoms with Crippen molar-refractivity contribution < 1.29 is 27.9 Å². The Bertz CT molecular complexity index is 799. The molecule has 3 rings (SSSR count). The number of halogens is 1. The van der Waals surface area contributed by atoms with E-state index in [2.05, 4.69) is 10.1 Å². The van der Waals surface area contributed by atoms with Gasteiger partial charge in [0, 0.05) is 11.8 Å². The van der Waals surface area contributed by atoms with E-state index in [0.717, 1.165) is 6.26 Å². The number of anilines is 1. The summed E-state index contributed by atoms with van der Waals surface area (Å²) >= 11 is 0. The summed E-state index contributed by atoms with van der Waals surface area (Å²) in [6, 6.07) is 6.02. The van der Waals surface area contributed by atoms with Crippen molar-refractivity contribution in [1.82, 2.24) is 5.32 Å². The van der Waals surface area contributed by atoms with Gasteiger partial charge < -0.3 is 19.4 Å². The molecule has 1 aliphatic heterocycles. The number of ether oxygens (including phenoxy) is 1. The number of nitrogens with zero attached hydrogens (tertiary/aromatic N) is 1. The van der Waals surface area contributed by atoms with Crippen LogP contribution in [0.15, 0.2) is 41.0 Å². The lowest BCUT2D eigenvalue weighted by Crippen LogP contribution is -2.64. The van der Waals surface area contributed by atoms with E-state index in [1.807, 2.05) is 0 Å². The second-order valence-electron chi connectivity index (χ2n) is 5.14. The van der Waals surface area contributed by atoms with Gasteiger partial charge in [0.25, 0.3) is 11.8 Å². The van der Waals surface area contributed by atoms with Gasteiger partial charge in [-0.1, -0.05) is 0 Å². The van der Waals surface area contributed by atoms with Crippen LogP contribution in [0.4, 0.5) is 10.1 Å². The first-order chi connectivity index (χ1) is 11.5. The highest BCUT2D eigenvalue weighted by atomic mass is 19.1. The number of hydrogen-bond donors (Lipinski definition) is 1. The van der Waals surface area contributed by atoms with Crippen LogP contribution in [0.5, 0.6) is 0 Å². The molecule has 2 aromatic rings. The molecule has 24 heavy (non-hydrogen) atoms. The SMILES string of the molecule is COC(=O)c1coc(C(=O)NC2CN(c3ccc(F)cc3)C2=O)c1. The number of rotatable bonds is 4. The maximum Gasteiger partial charge on any atom is 0.341 e. The van der Waals surface area contributed by atoms with Crippen LogP contribution in [0.3, 0.4) is 0 Å². The molecule has 1 aromatic heterocycles. The van der Waals surface area contributed by atoms with E-state index in [0.29, 0.717) is 5.69 Å². The zero-order valence-electron chi connectivity index (χ0n) is 12.6. The highest BCUT2D eigenvalue weighted by molar-refractivity contribution is 6.07. The van der Waals surface area contributed by atoms with Gasteiger partial charge in [-0.15, -0.1) is 0 Å². The molecule has 8 heteroatoms. The Labute approximate surface area is 136 Å². The van der Waals surface area contributed by atoms with Gasteiger partial charge in [0.1, 0.15) is 18.1 Å². The summed E-state index contributed by atoms with van der Waals surface area (Å²) in [4.78, 5) is 36.9. The van der Waals surface area contributed by atoms with Crippen molar-refractivity contribution in [3.05, 3.63) is 53.7 Å². The third-order valence-corrected chi connectivity index (χ3v) is 3.62. The van der Waals surface area contributed by atoms with E-state index in [4.69, 9.17) is 4.42 Å². The molecule has 0 aliphatic carbocycles. The molecule has 0 saturated carbocycles. The number of methoxy groups -OCH3 is 1. The fourth-order valence-corrected chi connectivity index (χ4v) is 2.30. The minimum absolute atomic E-state index is 0.0940. The number of carbonyl (C=O) groups excluding carboxylic acids is 3. The van der Waals surface area contributed by atoms with Crippen molar-refractivity contribution in [2.75, 3.05) is 18.6 Å². The Morgan fingerprint density at radius 3 is 2.67 bits per heavy atom. The van der Waals surface area contributed by atoms with Crippen LogP contribution in [-0.4, -0.2) is 37.5 Å². The number of amides is 2.